The van der Waals surface area contributed by atoms with Crippen molar-refractivity contribution in [2.24, 2.45) is 0 Å². The molecule has 1 heterocycles. The molecule has 0 aliphatic carbocycles. The van der Waals surface area contributed by atoms with Gasteiger partial charge in [0, 0.05) is 5.69 Å². The Balaban J connectivity index is 2.87. The second kappa shape index (κ2) is 8.17. The third kappa shape index (κ3) is 3.81. The minimum absolute atomic E-state index is 0.0147. The molecule has 1 aromatic carbocycles. The Morgan fingerprint density at radius 1 is 0.889 bits per heavy atom. The van der Waals surface area contributed by atoms with E-state index in [4.69, 9.17) is 4.74 Å². The molecule has 1 aromatic heterocycles. The number of benzene rings is 1. The van der Waals surface area contributed by atoms with Gasteiger partial charge in [-0.1, -0.05) is 31.5 Å². The number of carboxylic acids is 3. The van der Waals surface area contributed by atoms with E-state index < -0.39 is 46.4 Å². The lowest BCUT2D eigenvalue weighted by molar-refractivity contribution is 0.0480. The Morgan fingerprint density at radius 3 is 1.93 bits per heavy atom. The van der Waals surface area contributed by atoms with Gasteiger partial charge in [-0.15, -0.1) is 0 Å². The van der Waals surface area contributed by atoms with E-state index in [1.807, 2.05) is 6.92 Å². The molecule has 9 heteroatoms. The summed E-state index contributed by atoms with van der Waals surface area (Å²) in [6.45, 7) is 1.84. The molecular formula is C18H17NO8. The number of hydrogen-bond donors (Lipinski definition) is 3. The maximum atomic E-state index is 12.6. The molecule has 0 saturated carbocycles. The number of para-hydroxylation sites is 1. The minimum atomic E-state index is -1.78. The smallest absolute Gasteiger partial charge is 0.356 e. The summed E-state index contributed by atoms with van der Waals surface area (Å²) in [6.07, 6.45) is 1.22. The van der Waals surface area contributed by atoms with Crippen LogP contribution < -0.4 is 0 Å². The van der Waals surface area contributed by atoms with E-state index in [9.17, 15) is 34.5 Å². The van der Waals surface area contributed by atoms with Crippen LogP contribution in [0.1, 0.15) is 61.5 Å². The van der Waals surface area contributed by atoms with Crippen molar-refractivity contribution in [3.05, 3.63) is 52.8 Å². The fourth-order valence-electron chi connectivity index (χ4n) is 2.60. The van der Waals surface area contributed by atoms with E-state index in [0.717, 1.165) is 4.57 Å². The summed E-state index contributed by atoms with van der Waals surface area (Å²) in [4.78, 5) is 47.7. The van der Waals surface area contributed by atoms with Crippen LogP contribution in [0.5, 0.6) is 0 Å². The van der Waals surface area contributed by atoms with E-state index >= 15 is 0 Å². The van der Waals surface area contributed by atoms with Crippen LogP contribution in [0.2, 0.25) is 0 Å². The van der Waals surface area contributed by atoms with E-state index in [0.29, 0.717) is 12.8 Å². The Labute approximate surface area is 153 Å². The molecule has 0 aliphatic heterocycles. The van der Waals surface area contributed by atoms with Gasteiger partial charge < -0.3 is 20.1 Å². The quantitative estimate of drug-likeness (QED) is 0.472. The number of esters is 1. The van der Waals surface area contributed by atoms with Gasteiger partial charge in [0.25, 0.3) is 0 Å². The largest absolute Gasteiger partial charge is 0.478 e. The van der Waals surface area contributed by atoms with E-state index in [1.165, 1.54) is 24.3 Å². The zero-order valence-electron chi connectivity index (χ0n) is 14.3. The molecule has 27 heavy (non-hydrogen) atoms. The van der Waals surface area contributed by atoms with Crippen LogP contribution in [0.25, 0.3) is 5.69 Å². The van der Waals surface area contributed by atoms with E-state index in [-0.39, 0.29) is 12.3 Å². The lowest BCUT2D eigenvalue weighted by Crippen LogP contribution is -2.17. The molecule has 0 aliphatic rings. The van der Waals surface area contributed by atoms with Crippen molar-refractivity contribution in [3.63, 3.8) is 0 Å². The number of ether oxygens (including phenoxy) is 1. The highest BCUT2D eigenvalue weighted by molar-refractivity contribution is 6.14. The molecule has 0 unspecified atom stereocenters. The summed E-state index contributed by atoms with van der Waals surface area (Å²) in [7, 11) is 0. The van der Waals surface area contributed by atoms with Crippen LogP contribution in [0.15, 0.2) is 30.3 Å². The highest BCUT2D eigenvalue weighted by Gasteiger charge is 2.38. The number of rotatable bonds is 8. The van der Waals surface area contributed by atoms with Crippen molar-refractivity contribution in [2.75, 3.05) is 6.61 Å². The van der Waals surface area contributed by atoms with Crippen molar-refractivity contribution in [2.45, 2.75) is 19.8 Å². The van der Waals surface area contributed by atoms with Crippen LogP contribution >= 0.6 is 0 Å². The molecule has 0 atom stereocenters. The molecule has 0 fully saturated rings. The van der Waals surface area contributed by atoms with Gasteiger partial charge in [-0.2, -0.15) is 0 Å². The highest BCUT2D eigenvalue weighted by Crippen LogP contribution is 2.28. The highest BCUT2D eigenvalue weighted by atomic mass is 16.5. The molecule has 3 N–H and O–H groups in total. The Morgan fingerprint density at radius 2 is 1.44 bits per heavy atom. The first-order valence-electron chi connectivity index (χ1n) is 8.02. The third-order valence-electron chi connectivity index (χ3n) is 3.74. The first kappa shape index (κ1) is 19.7. The summed E-state index contributed by atoms with van der Waals surface area (Å²) >= 11 is 0. The normalized spacial score (nSPS) is 10.4. The van der Waals surface area contributed by atoms with Crippen LogP contribution in [0.3, 0.4) is 0 Å². The van der Waals surface area contributed by atoms with Crippen LogP contribution in [0.4, 0.5) is 0 Å². The first-order valence-corrected chi connectivity index (χ1v) is 8.02. The SMILES string of the molecule is CCCCOC(=O)c1c(C(=O)O)c(C(=O)O)c(C(=O)O)n1-c1ccccc1. The zero-order chi connectivity index (χ0) is 20.1. The Bertz CT molecular complexity index is 898. The molecule has 0 spiro atoms. The molecule has 0 saturated heterocycles. The molecule has 2 rings (SSSR count). The van der Waals surface area contributed by atoms with Gasteiger partial charge in [-0.3, -0.25) is 4.57 Å². The van der Waals surface area contributed by atoms with Crippen molar-refractivity contribution in [3.8, 4) is 5.69 Å². The Kier molecular flexibility index (Phi) is 5.96. The molecule has 0 radical (unpaired) electrons. The molecule has 9 nitrogen and oxygen atoms in total. The molecule has 0 bridgehead atoms. The predicted molar refractivity (Wildman–Crippen MR) is 91.8 cm³/mol. The first-order chi connectivity index (χ1) is 12.8. The molecule has 142 valence electrons. The number of nitrogens with zero attached hydrogens (tertiary/aromatic N) is 1. The summed E-state index contributed by atoms with van der Waals surface area (Å²) in [6, 6.07) is 7.55. The summed E-state index contributed by atoms with van der Waals surface area (Å²) in [5.41, 5.74) is -3.29. The second-order valence-corrected chi connectivity index (χ2v) is 5.52. The maximum absolute atomic E-state index is 12.6. The molecule has 0 amide bonds. The number of hydrogen-bond acceptors (Lipinski definition) is 5. The molecular weight excluding hydrogens is 358 g/mol. The average molecular weight is 375 g/mol. The van der Waals surface area contributed by atoms with Gasteiger partial charge in [-0.05, 0) is 18.6 Å². The standard InChI is InChI=1S/C18H17NO8/c1-2-3-9-27-18(26)14-12(16(22)23)11(15(20)21)13(17(24)25)19(14)10-7-5-4-6-8-10/h4-8H,2-3,9H2,1H3,(H,20,21)(H,22,23)(H,24,25). The molecule has 2 aromatic rings. The van der Waals surface area contributed by atoms with Crippen LogP contribution in [0, 0.1) is 0 Å². The fraction of sp³-hybridized carbons (Fsp3) is 0.222. The lowest BCUT2D eigenvalue weighted by atomic mass is 10.1. The number of carbonyl (C=O) groups is 4. The number of unbranched alkanes of at least 4 members (excludes halogenated alkanes) is 1. The van der Waals surface area contributed by atoms with E-state index in [1.54, 1.807) is 6.07 Å². The van der Waals surface area contributed by atoms with Crippen molar-refractivity contribution in [1.29, 1.82) is 0 Å². The lowest BCUT2D eigenvalue weighted by Gasteiger charge is -2.12. The van der Waals surface area contributed by atoms with Gasteiger partial charge >= 0.3 is 23.9 Å². The number of carboxylic acid groups (broad SMARTS) is 3. The topological polar surface area (TPSA) is 143 Å². The fourth-order valence-corrected chi connectivity index (χ4v) is 2.60. The number of aromatic carboxylic acids is 3. The third-order valence-corrected chi connectivity index (χ3v) is 3.74. The monoisotopic (exact) mass is 375 g/mol. The van der Waals surface area contributed by atoms with Crippen molar-refractivity contribution < 1.29 is 39.2 Å². The summed E-state index contributed by atoms with van der Waals surface area (Å²) < 4.78 is 5.84. The van der Waals surface area contributed by atoms with E-state index in [2.05, 4.69) is 0 Å². The minimum Gasteiger partial charge on any atom is -0.478 e. The van der Waals surface area contributed by atoms with Gasteiger partial charge in [0.05, 0.1) is 6.61 Å². The van der Waals surface area contributed by atoms with Gasteiger partial charge in [0.1, 0.15) is 22.5 Å². The average Bonchev–Trinajstić information content (AvgIpc) is 2.99. The van der Waals surface area contributed by atoms with Crippen molar-refractivity contribution >= 4 is 23.9 Å². The number of carbonyl (C=O) groups excluding carboxylic acids is 1. The van der Waals surface area contributed by atoms with Crippen LogP contribution in [-0.4, -0.2) is 50.4 Å². The summed E-state index contributed by atoms with van der Waals surface area (Å²) in [5.74, 6) is -6.32. The van der Waals surface area contributed by atoms with Gasteiger partial charge in [0.15, 0.2) is 0 Å². The van der Waals surface area contributed by atoms with Gasteiger partial charge in [0.2, 0.25) is 0 Å². The number of aromatic nitrogens is 1. The maximum Gasteiger partial charge on any atom is 0.356 e. The second-order valence-electron chi connectivity index (χ2n) is 5.52. The van der Waals surface area contributed by atoms with Crippen molar-refractivity contribution in [1.82, 2.24) is 4.57 Å². The van der Waals surface area contributed by atoms with Gasteiger partial charge in [-0.25, -0.2) is 19.2 Å². The van der Waals surface area contributed by atoms with Crippen LogP contribution in [-0.2, 0) is 4.74 Å². The zero-order valence-corrected chi connectivity index (χ0v) is 14.3. The predicted octanol–water partition coefficient (Wildman–Crippen LogP) is 2.53. The summed E-state index contributed by atoms with van der Waals surface area (Å²) in [5, 5.41) is 28.5. The Hall–Kier alpha value is -3.62.